The van der Waals surface area contributed by atoms with Gasteiger partial charge in [-0.2, -0.15) is 4.98 Å². The molecule has 3 aliphatic rings. The Hall–Kier alpha value is -2.80. The predicted octanol–water partition coefficient (Wildman–Crippen LogP) is 4.47. The van der Waals surface area contributed by atoms with E-state index < -0.39 is 11.6 Å². The molecule has 2 aromatic rings. The lowest BCUT2D eigenvalue weighted by Gasteiger charge is -2.38. The van der Waals surface area contributed by atoms with Gasteiger partial charge in [0.05, 0.1) is 5.54 Å². The summed E-state index contributed by atoms with van der Waals surface area (Å²) in [6, 6.07) is 13.8. The van der Waals surface area contributed by atoms with Crippen LogP contribution in [-0.4, -0.2) is 43.4 Å². The number of benzene rings is 1. The molecular formula is C28H38N4O3. The molecule has 1 saturated carbocycles. The minimum absolute atomic E-state index is 0.235. The van der Waals surface area contributed by atoms with Crippen LogP contribution < -0.4 is 20.3 Å². The van der Waals surface area contributed by atoms with Crippen LogP contribution in [0.15, 0.2) is 42.5 Å². The highest BCUT2D eigenvalue weighted by Gasteiger charge is 2.55. The van der Waals surface area contributed by atoms with Crippen LogP contribution in [-0.2, 0) is 16.9 Å². The fourth-order valence-electron chi connectivity index (χ4n) is 5.18. The Morgan fingerprint density at radius 3 is 2.51 bits per heavy atom. The third kappa shape index (κ3) is 5.56. The lowest BCUT2D eigenvalue weighted by atomic mass is 9.82. The number of anilines is 1. The molecule has 7 heteroatoms. The summed E-state index contributed by atoms with van der Waals surface area (Å²) in [7, 11) is 0. The van der Waals surface area contributed by atoms with Crippen LogP contribution in [0.2, 0.25) is 0 Å². The maximum Gasteiger partial charge on any atom is 0.408 e. The predicted molar refractivity (Wildman–Crippen MR) is 137 cm³/mol. The Labute approximate surface area is 208 Å². The molecule has 2 N–H and O–H groups in total. The minimum atomic E-state index is -0.653. The van der Waals surface area contributed by atoms with E-state index in [1.54, 1.807) is 0 Å². The molecular weight excluding hydrogens is 440 g/mol. The van der Waals surface area contributed by atoms with Gasteiger partial charge in [0.2, 0.25) is 5.88 Å². The number of rotatable bonds is 7. The number of hydrogen-bond acceptors (Lipinski definition) is 6. The lowest BCUT2D eigenvalue weighted by molar-refractivity contribution is 0.129. The van der Waals surface area contributed by atoms with E-state index in [-0.39, 0.29) is 12.7 Å². The first kappa shape index (κ1) is 23.9. The highest BCUT2D eigenvalue weighted by molar-refractivity contribution is 5.69. The van der Waals surface area contributed by atoms with Crippen LogP contribution in [0.1, 0.15) is 51.7 Å². The number of pyridine rings is 1. The van der Waals surface area contributed by atoms with Crippen molar-refractivity contribution in [2.75, 3.05) is 31.1 Å². The molecule has 188 valence electrons. The number of carbonyl (C=O) groups is 1. The number of aromatic nitrogens is 1. The number of nitrogens with zero attached hydrogens (tertiary/aromatic N) is 2. The summed E-state index contributed by atoms with van der Waals surface area (Å²) in [6.45, 7) is 12.9. The van der Waals surface area contributed by atoms with E-state index in [4.69, 9.17) is 14.5 Å². The summed E-state index contributed by atoms with van der Waals surface area (Å²) in [6.07, 6.45) is 2.04. The zero-order valence-corrected chi connectivity index (χ0v) is 21.3. The van der Waals surface area contributed by atoms with Crippen molar-refractivity contribution >= 4 is 11.9 Å². The molecule has 0 spiro atoms. The van der Waals surface area contributed by atoms with Gasteiger partial charge in [-0.15, -0.1) is 0 Å². The molecule has 2 unspecified atom stereocenters. The number of fused-ring (bicyclic) bond motifs is 1. The van der Waals surface area contributed by atoms with Crippen molar-refractivity contribution in [1.29, 1.82) is 0 Å². The van der Waals surface area contributed by atoms with Gasteiger partial charge in [0.25, 0.3) is 0 Å². The normalized spacial score (nSPS) is 25.0. The highest BCUT2D eigenvalue weighted by Crippen LogP contribution is 2.45. The Morgan fingerprint density at radius 2 is 1.83 bits per heavy atom. The molecule has 2 saturated heterocycles. The monoisotopic (exact) mass is 478 g/mol. The van der Waals surface area contributed by atoms with Gasteiger partial charge in [0.15, 0.2) is 0 Å². The van der Waals surface area contributed by atoms with Gasteiger partial charge in [0.1, 0.15) is 18.5 Å². The molecule has 0 bridgehead atoms. The van der Waals surface area contributed by atoms with Crippen LogP contribution >= 0.6 is 0 Å². The Bertz CT molecular complexity index is 1040. The molecule has 5 rings (SSSR count). The van der Waals surface area contributed by atoms with Crippen molar-refractivity contribution in [2.45, 2.75) is 58.8 Å². The second-order valence-electron chi connectivity index (χ2n) is 11.6. The molecule has 2 atom stereocenters. The Kier molecular flexibility index (Phi) is 6.38. The van der Waals surface area contributed by atoms with Crippen molar-refractivity contribution in [2.24, 2.45) is 17.3 Å². The molecule has 3 heterocycles. The van der Waals surface area contributed by atoms with E-state index in [9.17, 15) is 4.79 Å². The Balaban J connectivity index is 1.32. The van der Waals surface area contributed by atoms with Gasteiger partial charge in [-0.1, -0.05) is 44.2 Å². The standard InChI is InChI=1S/C28H38N4O3/c1-27(2)10-12-32(13-11-27)23-14-20(15-24(30-23)35-25-21-16-29-17-22(21)25)28(3,4)31-26(33)34-18-19-8-6-5-7-9-19/h5-9,14-15,21-22,25,29H,10-13,16-18H2,1-4H3,(H,31,33). The SMILES string of the molecule is CC1(C)CCN(c2cc(C(C)(C)NC(=O)OCc3ccccc3)cc(OC3C4CNCC43)n2)CC1. The summed E-state index contributed by atoms with van der Waals surface area (Å²) in [5, 5.41) is 6.47. The highest BCUT2D eigenvalue weighted by atomic mass is 16.5. The van der Waals surface area contributed by atoms with Crippen LogP contribution in [0.4, 0.5) is 10.6 Å². The first-order valence-corrected chi connectivity index (χ1v) is 12.8. The third-order valence-electron chi connectivity index (χ3n) is 7.85. The van der Waals surface area contributed by atoms with Gasteiger partial charge < -0.3 is 25.0 Å². The van der Waals surface area contributed by atoms with Crippen molar-refractivity contribution in [3.63, 3.8) is 0 Å². The molecule has 1 aliphatic carbocycles. The van der Waals surface area contributed by atoms with Crippen molar-refractivity contribution < 1.29 is 14.3 Å². The number of ether oxygens (including phenoxy) is 2. The summed E-state index contributed by atoms with van der Waals surface area (Å²) in [5.74, 6) is 2.73. The van der Waals surface area contributed by atoms with Gasteiger partial charge in [-0.25, -0.2) is 4.79 Å². The van der Waals surface area contributed by atoms with E-state index in [2.05, 4.69) is 35.4 Å². The fourth-order valence-corrected chi connectivity index (χ4v) is 5.18. The van der Waals surface area contributed by atoms with Crippen LogP contribution in [0.5, 0.6) is 5.88 Å². The average Bonchev–Trinajstić information content (AvgIpc) is 3.23. The summed E-state index contributed by atoms with van der Waals surface area (Å²) < 4.78 is 11.9. The van der Waals surface area contributed by atoms with E-state index in [1.807, 2.05) is 50.2 Å². The van der Waals surface area contributed by atoms with Crippen LogP contribution in [0.3, 0.4) is 0 Å². The number of hydrogen-bond donors (Lipinski definition) is 2. The minimum Gasteiger partial charge on any atom is -0.474 e. The second-order valence-corrected chi connectivity index (χ2v) is 11.6. The molecule has 35 heavy (non-hydrogen) atoms. The zero-order valence-electron chi connectivity index (χ0n) is 21.3. The molecule has 2 aliphatic heterocycles. The fraction of sp³-hybridized carbons (Fsp3) is 0.571. The zero-order chi connectivity index (χ0) is 24.6. The first-order chi connectivity index (χ1) is 16.7. The summed E-state index contributed by atoms with van der Waals surface area (Å²) >= 11 is 0. The quantitative estimate of drug-likeness (QED) is 0.612. The Morgan fingerprint density at radius 1 is 1.14 bits per heavy atom. The molecule has 1 aromatic carbocycles. The average molecular weight is 479 g/mol. The van der Waals surface area contributed by atoms with Crippen LogP contribution in [0.25, 0.3) is 0 Å². The summed E-state index contributed by atoms with van der Waals surface area (Å²) in [5.41, 5.74) is 1.62. The van der Waals surface area contributed by atoms with E-state index in [0.717, 1.165) is 56.0 Å². The molecule has 0 radical (unpaired) electrons. The number of alkyl carbamates (subject to hydrolysis) is 1. The number of amides is 1. The van der Waals surface area contributed by atoms with E-state index in [1.165, 1.54) is 0 Å². The van der Waals surface area contributed by atoms with Gasteiger partial charge in [-0.05, 0) is 49.3 Å². The summed E-state index contributed by atoms with van der Waals surface area (Å²) in [4.78, 5) is 19.9. The van der Waals surface area contributed by atoms with Crippen molar-refractivity contribution in [1.82, 2.24) is 15.6 Å². The van der Waals surface area contributed by atoms with Gasteiger partial charge in [-0.3, -0.25) is 0 Å². The molecule has 1 aromatic heterocycles. The van der Waals surface area contributed by atoms with E-state index in [0.29, 0.717) is 23.1 Å². The molecule has 7 nitrogen and oxygen atoms in total. The smallest absolute Gasteiger partial charge is 0.408 e. The maximum atomic E-state index is 12.7. The van der Waals surface area contributed by atoms with Crippen molar-refractivity contribution in [3.05, 3.63) is 53.6 Å². The molecule has 1 amide bonds. The van der Waals surface area contributed by atoms with Gasteiger partial charge >= 0.3 is 6.09 Å². The van der Waals surface area contributed by atoms with E-state index >= 15 is 0 Å². The molecule has 3 fully saturated rings. The number of carbonyl (C=O) groups excluding carboxylic acids is 1. The van der Waals surface area contributed by atoms with Gasteiger partial charge in [0, 0.05) is 44.1 Å². The topological polar surface area (TPSA) is 75.7 Å². The number of nitrogens with one attached hydrogen (secondary N) is 2. The second kappa shape index (κ2) is 9.34. The third-order valence-corrected chi connectivity index (χ3v) is 7.85. The van der Waals surface area contributed by atoms with Crippen LogP contribution in [0, 0.1) is 17.3 Å². The van der Waals surface area contributed by atoms with Crippen molar-refractivity contribution in [3.8, 4) is 5.88 Å². The maximum absolute atomic E-state index is 12.7. The first-order valence-electron chi connectivity index (χ1n) is 12.8. The largest absolute Gasteiger partial charge is 0.474 e. The number of piperidine rings is 2. The lowest BCUT2D eigenvalue weighted by Crippen LogP contribution is -2.42.